The van der Waals surface area contributed by atoms with Gasteiger partial charge in [-0.2, -0.15) is 4.98 Å². The minimum atomic E-state index is -1.31. The molecule has 114 valence electrons. The van der Waals surface area contributed by atoms with Crippen molar-refractivity contribution in [1.29, 1.82) is 0 Å². The normalized spacial score (nSPS) is 29.1. The Morgan fingerprint density at radius 1 is 1.38 bits per heavy atom. The van der Waals surface area contributed by atoms with Gasteiger partial charge in [0.05, 0.1) is 6.61 Å². The topological polar surface area (TPSA) is 149 Å². The van der Waals surface area contributed by atoms with Gasteiger partial charge in [-0.15, -0.1) is 4.73 Å². The highest BCUT2D eigenvalue weighted by Gasteiger charge is 2.44. The molecule has 0 aliphatic carbocycles. The molecule has 0 unspecified atom stereocenters. The Morgan fingerprint density at radius 3 is 2.81 bits per heavy atom. The molecule has 0 aromatic carbocycles. The number of nitrogen functional groups attached to an aromatic ring is 1. The monoisotopic (exact) mass is 409 g/mol. The third kappa shape index (κ3) is 2.50. The number of nitrogens with two attached hydrogens (primary N) is 1. The fraction of sp³-hybridized carbons (Fsp3) is 0.500. The number of hydrogen-bond acceptors (Lipinski definition) is 9. The van der Waals surface area contributed by atoms with E-state index in [0.717, 1.165) is 0 Å². The molecule has 5 N–H and O–H groups in total. The Kier molecular flexibility index (Phi) is 3.83. The number of halogens is 1. The quantitative estimate of drug-likeness (QED) is 0.330. The molecule has 10 nitrogen and oxygen atoms in total. The van der Waals surface area contributed by atoms with Crippen LogP contribution < -0.4 is 10.6 Å². The number of aromatic nitrogens is 4. The third-order valence-corrected chi connectivity index (χ3v) is 3.81. The van der Waals surface area contributed by atoms with Crippen molar-refractivity contribution in [3.63, 3.8) is 0 Å². The van der Waals surface area contributed by atoms with Crippen LogP contribution in [-0.4, -0.2) is 66.2 Å². The number of anilines is 1. The van der Waals surface area contributed by atoms with Crippen LogP contribution in [0.3, 0.4) is 0 Å². The van der Waals surface area contributed by atoms with Crippen LogP contribution in [0.5, 0.6) is 0 Å². The molecule has 1 aliphatic heterocycles. The number of aliphatic hydroxyl groups excluding tert-OH is 3. The zero-order valence-electron chi connectivity index (χ0n) is 10.5. The summed E-state index contributed by atoms with van der Waals surface area (Å²) < 4.78 is 6.95. The van der Waals surface area contributed by atoms with E-state index in [0.29, 0.717) is 14.9 Å². The highest BCUT2D eigenvalue weighted by Crippen LogP contribution is 2.22. The first-order valence-electron chi connectivity index (χ1n) is 5.97. The summed E-state index contributed by atoms with van der Waals surface area (Å²) in [6.45, 7) is -0.435. The van der Waals surface area contributed by atoms with E-state index in [2.05, 4.69) is 15.0 Å². The average molecular weight is 409 g/mol. The summed E-state index contributed by atoms with van der Waals surface area (Å²) in [6.07, 6.45) is -3.30. The lowest BCUT2D eigenvalue weighted by molar-refractivity contribution is -0.169. The second-order valence-corrected chi connectivity index (χ2v) is 5.45. The van der Waals surface area contributed by atoms with Gasteiger partial charge in [0.25, 0.3) is 6.29 Å². The molecule has 0 radical (unpaired) electrons. The summed E-state index contributed by atoms with van der Waals surface area (Å²) in [5.74, 6) is 0.0541. The predicted octanol–water partition coefficient (Wildman–Crippen LogP) is -2.12. The van der Waals surface area contributed by atoms with Crippen LogP contribution in [-0.2, 0) is 4.74 Å². The number of aliphatic hydroxyl groups is 3. The van der Waals surface area contributed by atoms with Crippen LogP contribution in [0.1, 0.15) is 0 Å². The van der Waals surface area contributed by atoms with Crippen molar-refractivity contribution in [3.05, 3.63) is 10.0 Å². The van der Waals surface area contributed by atoms with Gasteiger partial charge in [0.2, 0.25) is 11.6 Å². The highest BCUT2D eigenvalue weighted by atomic mass is 127. The van der Waals surface area contributed by atoms with Crippen molar-refractivity contribution in [3.8, 4) is 0 Å². The van der Waals surface area contributed by atoms with E-state index >= 15 is 0 Å². The van der Waals surface area contributed by atoms with E-state index in [4.69, 9.17) is 20.4 Å². The van der Waals surface area contributed by atoms with E-state index < -0.39 is 31.2 Å². The summed E-state index contributed by atoms with van der Waals surface area (Å²) in [5.41, 5.74) is 6.37. The third-order valence-electron chi connectivity index (χ3n) is 3.06. The molecule has 21 heavy (non-hydrogen) atoms. The van der Waals surface area contributed by atoms with E-state index in [9.17, 15) is 10.2 Å². The maximum Gasteiger partial charge on any atom is 0.254 e. The minimum Gasteiger partial charge on any atom is -0.394 e. The largest absolute Gasteiger partial charge is 0.394 e. The van der Waals surface area contributed by atoms with Gasteiger partial charge < -0.3 is 30.6 Å². The number of nitrogens with zero attached hydrogens (tertiary/aromatic N) is 4. The van der Waals surface area contributed by atoms with E-state index in [1.807, 2.05) is 22.6 Å². The maximum atomic E-state index is 9.84. The molecule has 0 bridgehead atoms. The molecular weight excluding hydrogens is 397 g/mol. The Balaban J connectivity index is 1.89. The van der Waals surface area contributed by atoms with Crippen LogP contribution in [0.15, 0.2) is 6.33 Å². The number of hydrogen-bond donors (Lipinski definition) is 4. The zero-order chi connectivity index (χ0) is 15.1. The van der Waals surface area contributed by atoms with Crippen molar-refractivity contribution < 1.29 is 24.9 Å². The van der Waals surface area contributed by atoms with E-state index in [1.54, 1.807) is 0 Å². The van der Waals surface area contributed by atoms with Gasteiger partial charge in [-0.3, -0.25) is 0 Å². The SMILES string of the molecule is Nc1nc(I)c2ncn(O[C@@H]3O[C@H](CO)[C@@H](O)[C@@H]3O)c2n1. The molecular formula is C10H12IN5O5. The zero-order valence-corrected chi connectivity index (χ0v) is 12.7. The number of fused-ring (bicyclic) bond motifs is 1. The lowest BCUT2D eigenvalue weighted by Crippen LogP contribution is -2.38. The smallest absolute Gasteiger partial charge is 0.254 e. The van der Waals surface area contributed by atoms with Gasteiger partial charge >= 0.3 is 0 Å². The van der Waals surface area contributed by atoms with Crippen molar-refractivity contribution in [2.45, 2.75) is 24.6 Å². The van der Waals surface area contributed by atoms with Crippen LogP contribution in [0.4, 0.5) is 5.95 Å². The Morgan fingerprint density at radius 2 is 2.14 bits per heavy atom. The lowest BCUT2D eigenvalue weighted by Gasteiger charge is -2.16. The molecule has 2 aromatic rings. The lowest BCUT2D eigenvalue weighted by atomic mass is 10.1. The molecule has 0 spiro atoms. The van der Waals surface area contributed by atoms with Gasteiger partial charge in [0.1, 0.15) is 33.9 Å². The summed E-state index contributed by atoms with van der Waals surface area (Å²) in [6, 6.07) is 0. The number of rotatable bonds is 3. The maximum absolute atomic E-state index is 9.84. The average Bonchev–Trinajstić information content (AvgIpc) is 2.96. The first-order chi connectivity index (χ1) is 10.0. The van der Waals surface area contributed by atoms with Crippen molar-refractivity contribution in [2.75, 3.05) is 12.3 Å². The van der Waals surface area contributed by atoms with Gasteiger partial charge in [-0.05, 0) is 22.6 Å². The molecule has 2 aromatic heterocycles. The molecule has 11 heteroatoms. The van der Waals surface area contributed by atoms with Crippen molar-refractivity contribution >= 4 is 39.7 Å². The van der Waals surface area contributed by atoms with Crippen LogP contribution in [0.2, 0.25) is 0 Å². The second-order valence-electron chi connectivity index (χ2n) is 4.43. The first-order valence-corrected chi connectivity index (χ1v) is 7.04. The van der Waals surface area contributed by atoms with Crippen LogP contribution >= 0.6 is 22.6 Å². The summed E-state index contributed by atoms with van der Waals surface area (Å²) in [7, 11) is 0. The molecule has 3 rings (SSSR count). The van der Waals surface area contributed by atoms with Gasteiger partial charge in [-0.1, -0.05) is 0 Å². The van der Waals surface area contributed by atoms with Gasteiger partial charge in [-0.25, -0.2) is 9.97 Å². The minimum absolute atomic E-state index is 0.0541. The Hall–Kier alpha value is -1.28. The molecule has 1 saturated heterocycles. The fourth-order valence-electron chi connectivity index (χ4n) is 2.00. The number of imidazole rings is 1. The molecule has 4 atom stereocenters. The van der Waals surface area contributed by atoms with Gasteiger partial charge in [0, 0.05) is 0 Å². The predicted molar refractivity (Wildman–Crippen MR) is 76.8 cm³/mol. The molecule has 1 aliphatic rings. The molecule has 3 heterocycles. The first kappa shape index (κ1) is 14.6. The Bertz CT molecular complexity index is 667. The summed E-state index contributed by atoms with van der Waals surface area (Å²) in [5, 5.41) is 28.5. The molecule has 1 fully saturated rings. The van der Waals surface area contributed by atoms with Crippen LogP contribution in [0.25, 0.3) is 11.2 Å². The number of ether oxygens (including phenoxy) is 1. The molecule has 0 amide bonds. The van der Waals surface area contributed by atoms with Crippen molar-refractivity contribution in [2.24, 2.45) is 0 Å². The van der Waals surface area contributed by atoms with Gasteiger partial charge in [0.15, 0.2) is 0 Å². The highest BCUT2D eigenvalue weighted by molar-refractivity contribution is 14.1. The second kappa shape index (κ2) is 5.49. The Labute approximate surface area is 131 Å². The summed E-state index contributed by atoms with van der Waals surface area (Å²) in [4.78, 5) is 17.5. The van der Waals surface area contributed by atoms with Crippen LogP contribution in [0, 0.1) is 3.70 Å². The molecule has 0 saturated carbocycles. The standard InChI is InChI=1S/C10H12IN5O5/c11-7-4-8(15-10(12)14-7)16(2-13-4)21-9-6(19)5(18)3(1-17)20-9/h2-3,5-6,9,17-19H,1H2,(H2,12,14,15)/t3-,5-,6+,9+/m1/s1. The summed E-state index contributed by atoms with van der Waals surface area (Å²) >= 11 is 1.96. The van der Waals surface area contributed by atoms with Crippen molar-refractivity contribution in [1.82, 2.24) is 19.7 Å². The van der Waals surface area contributed by atoms with E-state index in [1.165, 1.54) is 11.1 Å². The fourth-order valence-corrected chi connectivity index (χ4v) is 2.63. The van der Waals surface area contributed by atoms with E-state index in [-0.39, 0.29) is 5.95 Å².